The number of carbonyl (C=O) groups excluding carboxylic acids is 2. The zero-order valence-electron chi connectivity index (χ0n) is 15.9. The third-order valence-corrected chi connectivity index (χ3v) is 5.25. The fraction of sp³-hybridized carbons (Fsp3) is 0.476. The number of nitrogens with one attached hydrogen (secondary N) is 1. The van der Waals surface area contributed by atoms with Crippen molar-refractivity contribution in [3.8, 4) is 0 Å². The number of hydrogen-bond acceptors (Lipinski definition) is 4. The Morgan fingerprint density at radius 2 is 2.00 bits per heavy atom. The van der Waals surface area contributed by atoms with Crippen LogP contribution in [0.1, 0.15) is 54.4 Å². The van der Waals surface area contributed by atoms with Crippen LogP contribution < -0.4 is 16.0 Å². The summed E-state index contributed by atoms with van der Waals surface area (Å²) in [5.74, 6) is 0.000599. The van der Waals surface area contributed by atoms with Crippen LogP contribution in [0.15, 0.2) is 35.5 Å². The molecule has 0 aliphatic heterocycles. The molecule has 27 heavy (non-hydrogen) atoms. The molecule has 2 aliphatic carbocycles. The van der Waals surface area contributed by atoms with Gasteiger partial charge in [-0.1, -0.05) is 25.5 Å². The number of rotatable bonds is 8. The van der Waals surface area contributed by atoms with Crippen LogP contribution in [-0.4, -0.2) is 30.7 Å². The van der Waals surface area contributed by atoms with Crippen LogP contribution in [0.25, 0.3) is 0 Å². The van der Waals surface area contributed by atoms with Crippen molar-refractivity contribution in [3.05, 3.63) is 41.6 Å². The summed E-state index contributed by atoms with van der Waals surface area (Å²) in [7, 11) is 0. The van der Waals surface area contributed by atoms with Gasteiger partial charge in [0.1, 0.15) is 5.70 Å². The maximum Gasteiger partial charge on any atom is 0.251 e. The summed E-state index contributed by atoms with van der Waals surface area (Å²) in [4.78, 5) is 30.7. The fourth-order valence-corrected chi connectivity index (χ4v) is 3.39. The van der Waals surface area contributed by atoms with E-state index in [2.05, 4.69) is 16.9 Å². The van der Waals surface area contributed by atoms with Gasteiger partial charge in [0, 0.05) is 23.2 Å². The molecule has 3 rings (SSSR count). The number of Topliss-reactive ketones (excluding diaryl/α,β-unsaturated/α-hetero) is 1. The molecule has 1 amide bonds. The quantitative estimate of drug-likeness (QED) is 0.320. The summed E-state index contributed by atoms with van der Waals surface area (Å²) in [5.41, 5.74) is 8.52. The number of allylic oxidation sites excluding steroid dienone is 1. The van der Waals surface area contributed by atoms with E-state index in [1.807, 2.05) is 25.1 Å². The Hall–Kier alpha value is -2.47. The van der Waals surface area contributed by atoms with Crippen LogP contribution in [-0.2, 0) is 4.79 Å². The van der Waals surface area contributed by atoms with E-state index in [0.717, 1.165) is 49.8 Å². The lowest BCUT2D eigenvalue weighted by atomic mass is 10.0. The zero-order valence-corrected chi connectivity index (χ0v) is 15.9. The Morgan fingerprint density at radius 1 is 1.30 bits per heavy atom. The van der Waals surface area contributed by atoms with Gasteiger partial charge in [-0.25, -0.2) is 4.99 Å². The molecule has 0 spiro atoms. The van der Waals surface area contributed by atoms with Crippen LogP contribution in [0.3, 0.4) is 0 Å². The molecule has 0 atom stereocenters. The van der Waals surface area contributed by atoms with Gasteiger partial charge >= 0.3 is 0 Å². The Balaban J connectivity index is 1.72. The van der Waals surface area contributed by atoms with Crippen molar-refractivity contribution in [1.29, 1.82) is 0 Å². The summed E-state index contributed by atoms with van der Waals surface area (Å²) in [5, 5.41) is 2.99. The molecule has 2 fully saturated rings. The number of ketones is 1. The highest BCUT2D eigenvalue weighted by Gasteiger charge is 2.25. The number of benzene rings is 1. The van der Waals surface area contributed by atoms with Gasteiger partial charge in [-0.05, 0) is 50.3 Å². The molecular formula is C21H28N4O2. The highest BCUT2D eigenvalue weighted by Crippen LogP contribution is 2.28. The second kappa shape index (κ2) is 8.48. The molecule has 1 aromatic rings. The summed E-state index contributed by atoms with van der Waals surface area (Å²) in [6, 6.07) is 5.82. The topological polar surface area (TPSA) is 87.8 Å². The van der Waals surface area contributed by atoms with E-state index in [1.54, 1.807) is 11.2 Å². The van der Waals surface area contributed by atoms with Gasteiger partial charge in [0.15, 0.2) is 5.78 Å². The van der Waals surface area contributed by atoms with E-state index in [0.29, 0.717) is 11.6 Å². The molecule has 144 valence electrons. The molecule has 0 radical (unpaired) electrons. The molecule has 0 aromatic heterocycles. The normalized spacial score (nSPS) is 17.3. The molecule has 2 aliphatic rings. The summed E-state index contributed by atoms with van der Waals surface area (Å²) < 4.78 is 0. The first-order valence-corrected chi connectivity index (χ1v) is 9.65. The minimum atomic E-state index is -0.0755. The van der Waals surface area contributed by atoms with E-state index in [4.69, 9.17) is 5.73 Å². The molecule has 0 heterocycles. The van der Waals surface area contributed by atoms with Crippen LogP contribution >= 0.6 is 0 Å². The zero-order chi connectivity index (χ0) is 19.4. The standard InChI is InChI=1S/C21H28N4O2/c1-14-7-8-17(21(27)24-18-9-10-18)11-19(14)25(12-22)13-23-15(2)20(26)16-5-3-4-6-16/h7-8,11,13,16,18H,2-6,9-10,12,22H2,1H3,(H,24,27). The number of nitrogens with zero attached hydrogens (tertiary/aromatic N) is 2. The van der Waals surface area contributed by atoms with Gasteiger partial charge in [0.05, 0.1) is 13.0 Å². The average molecular weight is 368 g/mol. The van der Waals surface area contributed by atoms with Crippen LogP contribution in [0.2, 0.25) is 0 Å². The van der Waals surface area contributed by atoms with E-state index >= 15 is 0 Å². The van der Waals surface area contributed by atoms with Crippen molar-refractivity contribution in [2.45, 2.75) is 51.5 Å². The SMILES string of the molecule is C=C(N=CN(CN)c1cc(C(=O)NC2CC2)ccc1C)C(=O)C1CCCC1. The smallest absolute Gasteiger partial charge is 0.251 e. The molecule has 3 N–H and O–H groups in total. The van der Waals surface area contributed by atoms with Gasteiger partial charge in [0.2, 0.25) is 0 Å². The first-order valence-electron chi connectivity index (χ1n) is 9.65. The lowest BCUT2D eigenvalue weighted by Crippen LogP contribution is -2.30. The van der Waals surface area contributed by atoms with Crippen molar-refractivity contribution in [3.63, 3.8) is 0 Å². The monoisotopic (exact) mass is 368 g/mol. The van der Waals surface area contributed by atoms with Gasteiger partial charge in [-0.2, -0.15) is 0 Å². The van der Waals surface area contributed by atoms with E-state index < -0.39 is 0 Å². The van der Waals surface area contributed by atoms with Crippen LogP contribution in [0.5, 0.6) is 0 Å². The van der Waals surface area contributed by atoms with Crippen molar-refractivity contribution < 1.29 is 9.59 Å². The largest absolute Gasteiger partial charge is 0.349 e. The Kier molecular flexibility index (Phi) is 6.06. The number of hydrogen-bond donors (Lipinski definition) is 2. The highest BCUT2D eigenvalue weighted by molar-refractivity contribution is 5.99. The van der Waals surface area contributed by atoms with Gasteiger partial charge in [-0.3, -0.25) is 9.59 Å². The predicted molar refractivity (Wildman–Crippen MR) is 108 cm³/mol. The third kappa shape index (κ3) is 4.83. The van der Waals surface area contributed by atoms with E-state index in [9.17, 15) is 9.59 Å². The number of anilines is 1. The van der Waals surface area contributed by atoms with E-state index in [1.165, 1.54) is 0 Å². The lowest BCUT2D eigenvalue weighted by Gasteiger charge is -2.20. The van der Waals surface area contributed by atoms with Gasteiger partial charge in [0.25, 0.3) is 5.91 Å². The summed E-state index contributed by atoms with van der Waals surface area (Å²) >= 11 is 0. The number of aryl methyl sites for hydroxylation is 1. The maximum atomic E-state index is 12.4. The third-order valence-electron chi connectivity index (χ3n) is 5.25. The molecule has 2 saturated carbocycles. The average Bonchev–Trinajstić information content (AvgIpc) is 3.31. The second-order valence-corrected chi connectivity index (χ2v) is 7.44. The molecule has 6 heteroatoms. The molecule has 6 nitrogen and oxygen atoms in total. The van der Waals surface area contributed by atoms with Gasteiger partial charge in [-0.15, -0.1) is 0 Å². The predicted octanol–water partition coefficient (Wildman–Crippen LogP) is 2.91. The first-order chi connectivity index (χ1) is 13.0. The van der Waals surface area contributed by atoms with Crippen molar-refractivity contribution in [2.75, 3.05) is 11.6 Å². The minimum absolute atomic E-state index is 0.0232. The fourth-order valence-electron chi connectivity index (χ4n) is 3.39. The highest BCUT2D eigenvalue weighted by atomic mass is 16.1. The summed E-state index contributed by atoms with van der Waals surface area (Å²) in [6.45, 7) is 5.96. The Bertz CT molecular complexity index is 761. The Morgan fingerprint density at radius 3 is 2.63 bits per heavy atom. The van der Waals surface area contributed by atoms with Crippen LogP contribution in [0.4, 0.5) is 5.69 Å². The molecule has 0 saturated heterocycles. The summed E-state index contributed by atoms with van der Waals surface area (Å²) in [6.07, 6.45) is 7.66. The van der Waals surface area contributed by atoms with E-state index in [-0.39, 0.29) is 30.0 Å². The molecule has 0 unspecified atom stereocenters. The minimum Gasteiger partial charge on any atom is -0.349 e. The van der Waals surface area contributed by atoms with Crippen molar-refractivity contribution in [1.82, 2.24) is 5.32 Å². The molecule has 1 aromatic carbocycles. The van der Waals surface area contributed by atoms with Crippen molar-refractivity contribution in [2.24, 2.45) is 16.6 Å². The first kappa shape index (κ1) is 19.3. The second-order valence-electron chi connectivity index (χ2n) is 7.44. The number of nitrogens with two attached hydrogens (primary N) is 1. The lowest BCUT2D eigenvalue weighted by molar-refractivity contribution is -0.119. The van der Waals surface area contributed by atoms with Crippen LogP contribution in [0, 0.1) is 12.8 Å². The number of aliphatic imine (C=N–C) groups is 1. The molecule has 0 bridgehead atoms. The Labute approximate surface area is 160 Å². The van der Waals surface area contributed by atoms with Gasteiger partial charge < -0.3 is 16.0 Å². The van der Waals surface area contributed by atoms with Crippen molar-refractivity contribution >= 4 is 23.7 Å². The maximum absolute atomic E-state index is 12.4. The number of amides is 1. The number of carbonyl (C=O) groups is 2. The molecular weight excluding hydrogens is 340 g/mol.